The highest BCUT2D eigenvalue weighted by atomic mass is 16.7. The maximum absolute atomic E-state index is 12.1. The maximum Gasteiger partial charge on any atom is 0.366 e. The van der Waals surface area contributed by atoms with Gasteiger partial charge in [0.2, 0.25) is 5.91 Å². The molecule has 11 heteroatoms. The van der Waals surface area contributed by atoms with Crippen molar-refractivity contribution in [2.45, 2.75) is 62.6 Å². The first kappa shape index (κ1) is 22.4. The Kier molecular flexibility index (Phi) is 7.62. The number of esters is 1. The molecule has 0 aromatic carbocycles. The molecular formula is C15H25NO10. The van der Waals surface area contributed by atoms with Gasteiger partial charge in [0.05, 0.1) is 19.3 Å². The van der Waals surface area contributed by atoms with Crippen molar-refractivity contribution >= 4 is 17.7 Å². The predicted octanol–water partition coefficient (Wildman–Crippen LogP) is -3.17. The molecular weight excluding hydrogens is 354 g/mol. The second-order valence-corrected chi connectivity index (χ2v) is 6.07. The van der Waals surface area contributed by atoms with E-state index in [0.717, 1.165) is 28.1 Å². The Balaban J connectivity index is 3.25. The minimum atomic E-state index is -2.12. The summed E-state index contributed by atoms with van der Waals surface area (Å²) in [4.78, 5) is 34.7. The molecule has 5 N–H and O–H groups in total. The Morgan fingerprint density at radius 1 is 1.19 bits per heavy atom. The molecule has 0 spiro atoms. The van der Waals surface area contributed by atoms with Crippen molar-refractivity contribution in [3.8, 4) is 0 Å². The van der Waals surface area contributed by atoms with E-state index < -0.39 is 66.4 Å². The average molecular weight is 379 g/mol. The zero-order valence-corrected chi connectivity index (χ0v) is 14.9. The van der Waals surface area contributed by atoms with E-state index in [9.17, 15) is 34.8 Å². The van der Waals surface area contributed by atoms with E-state index in [-0.39, 0.29) is 0 Å². The van der Waals surface area contributed by atoms with Crippen LogP contribution >= 0.6 is 0 Å². The van der Waals surface area contributed by atoms with Crippen LogP contribution in [0.1, 0.15) is 20.3 Å². The van der Waals surface area contributed by atoms with Gasteiger partial charge in [-0.25, -0.2) is 4.79 Å². The molecule has 1 fully saturated rings. The molecule has 1 unspecified atom stereocenters. The molecule has 0 aromatic heterocycles. The highest BCUT2D eigenvalue weighted by Crippen LogP contribution is 2.33. The molecule has 0 aliphatic carbocycles. The van der Waals surface area contributed by atoms with E-state index in [1.165, 1.54) is 0 Å². The van der Waals surface area contributed by atoms with E-state index in [4.69, 9.17) is 9.47 Å². The van der Waals surface area contributed by atoms with Crippen LogP contribution in [0.2, 0.25) is 0 Å². The summed E-state index contributed by atoms with van der Waals surface area (Å²) >= 11 is 0. The van der Waals surface area contributed by atoms with Crippen LogP contribution in [0, 0.1) is 0 Å². The molecule has 7 atom stereocenters. The number of Topliss-reactive ketones (excluding diaryl/α,β-unsaturated/α-hetero) is 1. The summed E-state index contributed by atoms with van der Waals surface area (Å²) in [5.41, 5.74) is 0. The fraction of sp³-hybridized carbons (Fsp3) is 0.800. The van der Waals surface area contributed by atoms with E-state index in [2.05, 4.69) is 10.1 Å². The van der Waals surface area contributed by atoms with Crippen LogP contribution in [0.15, 0.2) is 0 Å². The van der Waals surface area contributed by atoms with Crippen LogP contribution in [0.4, 0.5) is 0 Å². The number of hydrogen-bond acceptors (Lipinski definition) is 10. The molecule has 1 rings (SSSR count). The SMILES string of the molecule is COC(=O)[C@@]1(OC)C[C@H](O)[C@@H](NC(C)=O)[C@H]([C@H](O)[C@H](O)C(O)C(C)=O)O1. The molecule has 0 aromatic rings. The van der Waals surface area contributed by atoms with E-state index in [0.29, 0.717) is 0 Å². The quantitative estimate of drug-likeness (QED) is 0.284. The molecule has 0 saturated carbocycles. The first-order chi connectivity index (χ1) is 12.0. The van der Waals surface area contributed by atoms with Gasteiger partial charge < -0.3 is 40.0 Å². The third-order valence-electron chi connectivity index (χ3n) is 4.20. The summed E-state index contributed by atoms with van der Waals surface area (Å²) in [7, 11) is 2.16. The van der Waals surface area contributed by atoms with Gasteiger partial charge in [-0.2, -0.15) is 0 Å². The Morgan fingerprint density at radius 3 is 2.19 bits per heavy atom. The van der Waals surface area contributed by atoms with Gasteiger partial charge in [-0.05, 0) is 6.92 Å². The minimum Gasteiger partial charge on any atom is -0.465 e. The van der Waals surface area contributed by atoms with Gasteiger partial charge in [-0.3, -0.25) is 9.59 Å². The average Bonchev–Trinajstić information content (AvgIpc) is 2.60. The Hall–Kier alpha value is -1.63. The number of nitrogens with one attached hydrogen (secondary N) is 1. The second kappa shape index (κ2) is 8.84. The minimum absolute atomic E-state index is 0.435. The number of aliphatic hydroxyl groups excluding tert-OH is 4. The third kappa shape index (κ3) is 4.55. The number of aliphatic hydroxyl groups is 4. The van der Waals surface area contributed by atoms with E-state index >= 15 is 0 Å². The molecule has 1 aliphatic heterocycles. The Morgan fingerprint density at radius 2 is 1.77 bits per heavy atom. The van der Waals surface area contributed by atoms with Gasteiger partial charge in [-0.15, -0.1) is 0 Å². The number of ketones is 1. The summed E-state index contributed by atoms with van der Waals surface area (Å²) < 4.78 is 15.1. The highest BCUT2D eigenvalue weighted by Gasteiger charge is 2.56. The van der Waals surface area contributed by atoms with Gasteiger partial charge in [0, 0.05) is 20.5 Å². The summed E-state index contributed by atoms with van der Waals surface area (Å²) in [6, 6.07) is -1.26. The zero-order chi connectivity index (χ0) is 20.2. The van der Waals surface area contributed by atoms with Crippen LogP contribution in [0.3, 0.4) is 0 Å². The molecule has 26 heavy (non-hydrogen) atoms. The van der Waals surface area contributed by atoms with Crippen molar-refractivity contribution in [3.05, 3.63) is 0 Å². The van der Waals surface area contributed by atoms with Gasteiger partial charge in [0.25, 0.3) is 5.79 Å². The molecule has 11 nitrogen and oxygen atoms in total. The first-order valence-electron chi connectivity index (χ1n) is 7.82. The van der Waals surface area contributed by atoms with Gasteiger partial charge in [0.1, 0.15) is 24.4 Å². The number of carbonyl (C=O) groups excluding carboxylic acids is 3. The standard InChI is InChI=1S/C15H25NO10/c1-6(17)10(20)11(21)12(22)13-9(16-7(2)18)8(19)5-15(25-4,26-13)14(23)24-3/h8-13,19-22H,5H2,1-4H3,(H,16,18)/t8-,9+,10?,11+,12+,13+,15+/m0/s1. The Bertz CT molecular complexity index is 541. The molecule has 150 valence electrons. The largest absolute Gasteiger partial charge is 0.465 e. The van der Waals surface area contributed by atoms with Crippen molar-refractivity contribution in [1.82, 2.24) is 5.32 Å². The normalized spacial score (nSPS) is 32.2. The van der Waals surface area contributed by atoms with Crippen LogP contribution in [0.5, 0.6) is 0 Å². The van der Waals surface area contributed by atoms with Gasteiger partial charge >= 0.3 is 5.97 Å². The lowest BCUT2D eigenvalue weighted by Crippen LogP contribution is -2.68. The van der Waals surface area contributed by atoms with Gasteiger partial charge in [-0.1, -0.05) is 0 Å². The van der Waals surface area contributed by atoms with Crippen LogP contribution in [0.25, 0.3) is 0 Å². The lowest BCUT2D eigenvalue weighted by atomic mass is 9.87. The monoisotopic (exact) mass is 379 g/mol. The van der Waals surface area contributed by atoms with E-state index in [1.807, 2.05) is 0 Å². The van der Waals surface area contributed by atoms with Crippen LogP contribution < -0.4 is 5.32 Å². The zero-order valence-electron chi connectivity index (χ0n) is 14.9. The number of ether oxygens (including phenoxy) is 3. The van der Waals surface area contributed by atoms with Gasteiger partial charge in [0.15, 0.2) is 5.78 Å². The maximum atomic E-state index is 12.1. The first-order valence-corrected chi connectivity index (χ1v) is 7.82. The number of carbonyl (C=O) groups is 3. The summed E-state index contributed by atoms with van der Waals surface area (Å²) in [6.07, 6.45) is -9.39. The van der Waals surface area contributed by atoms with Crippen molar-refractivity contribution < 1.29 is 49.0 Å². The summed E-state index contributed by atoms with van der Waals surface area (Å²) in [5, 5.41) is 42.8. The number of rotatable bonds is 7. The molecule has 0 radical (unpaired) electrons. The third-order valence-corrected chi connectivity index (χ3v) is 4.20. The van der Waals surface area contributed by atoms with Crippen LogP contribution in [-0.4, -0.2) is 94.7 Å². The number of methoxy groups -OCH3 is 2. The predicted molar refractivity (Wildman–Crippen MR) is 83.6 cm³/mol. The summed E-state index contributed by atoms with van der Waals surface area (Å²) in [5.74, 6) is -4.54. The van der Waals surface area contributed by atoms with Crippen molar-refractivity contribution in [3.63, 3.8) is 0 Å². The highest BCUT2D eigenvalue weighted by molar-refractivity contribution is 5.81. The van der Waals surface area contributed by atoms with Crippen LogP contribution in [-0.2, 0) is 28.6 Å². The molecule has 1 heterocycles. The molecule has 1 aliphatic rings. The fourth-order valence-corrected chi connectivity index (χ4v) is 2.78. The van der Waals surface area contributed by atoms with Crippen molar-refractivity contribution in [2.24, 2.45) is 0 Å². The summed E-state index contributed by atoms with van der Waals surface area (Å²) in [6.45, 7) is 2.14. The number of amides is 1. The van der Waals surface area contributed by atoms with Crippen molar-refractivity contribution in [1.29, 1.82) is 0 Å². The lowest BCUT2D eigenvalue weighted by molar-refractivity contribution is -0.305. The molecule has 1 amide bonds. The fourth-order valence-electron chi connectivity index (χ4n) is 2.78. The molecule has 0 bridgehead atoms. The number of hydrogen-bond donors (Lipinski definition) is 5. The second-order valence-electron chi connectivity index (χ2n) is 6.07. The Labute approximate surface area is 149 Å². The van der Waals surface area contributed by atoms with Crippen molar-refractivity contribution in [2.75, 3.05) is 14.2 Å². The van der Waals surface area contributed by atoms with E-state index in [1.54, 1.807) is 0 Å². The smallest absolute Gasteiger partial charge is 0.366 e. The topological polar surface area (TPSA) is 172 Å². The molecule has 1 saturated heterocycles. The lowest BCUT2D eigenvalue weighted by Gasteiger charge is -2.46.